The van der Waals surface area contributed by atoms with Crippen molar-refractivity contribution < 1.29 is 9.59 Å². The number of nitrogens with zero attached hydrogens (tertiary/aromatic N) is 2. The number of halogens is 1. The van der Waals surface area contributed by atoms with E-state index < -0.39 is 0 Å². The van der Waals surface area contributed by atoms with Crippen LogP contribution in [0, 0.1) is 5.92 Å². The predicted molar refractivity (Wildman–Crippen MR) is 110 cm³/mol. The maximum atomic E-state index is 12.4. The van der Waals surface area contributed by atoms with E-state index in [-0.39, 0.29) is 30.1 Å². The van der Waals surface area contributed by atoms with Crippen LogP contribution >= 0.6 is 12.4 Å². The Morgan fingerprint density at radius 1 is 1.22 bits per heavy atom. The molecule has 0 aromatic heterocycles. The van der Waals surface area contributed by atoms with Crippen molar-refractivity contribution in [2.45, 2.75) is 26.2 Å². The van der Waals surface area contributed by atoms with Crippen molar-refractivity contribution in [3.8, 4) is 0 Å². The summed E-state index contributed by atoms with van der Waals surface area (Å²) in [5, 5.41) is 6.36. The van der Waals surface area contributed by atoms with E-state index in [1.54, 1.807) is 4.90 Å². The van der Waals surface area contributed by atoms with Crippen LogP contribution in [0.5, 0.6) is 0 Å². The minimum absolute atomic E-state index is 0. The van der Waals surface area contributed by atoms with Gasteiger partial charge in [-0.05, 0) is 37.1 Å². The molecule has 2 aliphatic heterocycles. The summed E-state index contributed by atoms with van der Waals surface area (Å²) >= 11 is 0. The number of anilines is 1. The Balaban J connectivity index is 0.00000261. The van der Waals surface area contributed by atoms with E-state index in [1.165, 1.54) is 5.56 Å². The molecule has 2 N–H and O–H groups in total. The highest BCUT2D eigenvalue weighted by atomic mass is 35.5. The van der Waals surface area contributed by atoms with Gasteiger partial charge < -0.3 is 20.4 Å². The van der Waals surface area contributed by atoms with Gasteiger partial charge in [-0.2, -0.15) is 0 Å². The lowest BCUT2D eigenvalue weighted by Gasteiger charge is -2.27. The zero-order valence-electron chi connectivity index (χ0n) is 16.1. The van der Waals surface area contributed by atoms with E-state index in [0.717, 1.165) is 51.3 Å². The summed E-state index contributed by atoms with van der Waals surface area (Å²) in [5.74, 6) is -0.200. The Bertz CT molecular complexity index is 617. The maximum Gasteiger partial charge on any atom is 0.227 e. The molecule has 1 aromatic carbocycles. The molecular weight excluding hydrogens is 364 g/mol. The molecule has 27 heavy (non-hydrogen) atoms. The first-order valence-electron chi connectivity index (χ1n) is 9.77. The predicted octanol–water partition coefficient (Wildman–Crippen LogP) is 1.44. The smallest absolute Gasteiger partial charge is 0.227 e. The van der Waals surface area contributed by atoms with Gasteiger partial charge in [0, 0.05) is 51.4 Å². The van der Waals surface area contributed by atoms with Crippen LogP contribution in [0.15, 0.2) is 24.3 Å². The molecule has 0 spiro atoms. The minimum atomic E-state index is -0.243. The summed E-state index contributed by atoms with van der Waals surface area (Å²) in [6.45, 7) is 8.54. The number of aryl methyl sites for hydroxylation is 1. The average Bonchev–Trinajstić information content (AvgIpc) is 3.08. The second-order valence-corrected chi connectivity index (χ2v) is 7.16. The molecule has 6 nitrogen and oxygen atoms in total. The SMILES string of the molecule is CCc1ccc(N2CC(C(=O)NCCCN3CCNCC3)CC2=O)cc1.Cl. The fourth-order valence-corrected chi connectivity index (χ4v) is 3.64. The minimum Gasteiger partial charge on any atom is -0.356 e. The molecule has 7 heteroatoms. The largest absolute Gasteiger partial charge is 0.356 e. The molecule has 0 radical (unpaired) electrons. The van der Waals surface area contributed by atoms with Crippen LogP contribution < -0.4 is 15.5 Å². The van der Waals surface area contributed by atoms with Crippen molar-refractivity contribution in [2.24, 2.45) is 5.92 Å². The van der Waals surface area contributed by atoms with Crippen molar-refractivity contribution in [2.75, 3.05) is 50.7 Å². The van der Waals surface area contributed by atoms with Gasteiger partial charge in [0.2, 0.25) is 11.8 Å². The fourth-order valence-electron chi connectivity index (χ4n) is 3.64. The molecule has 3 rings (SSSR count). The summed E-state index contributed by atoms with van der Waals surface area (Å²) in [7, 11) is 0. The summed E-state index contributed by atoms with van der Waals surface area (Å²) < 4.78 is 0. The number of hydrogen-bond acceptors (Lipinski definition) is 4. The Morgan fingerprint density at radius 2 is 1.93 bits per heavy atom. The molecule has 0 bridgehead atoms. The van der Waals surface area contributed by atoms with E-state index >= 15 is 0 Å². The zero-order valence-corrected chi connectivity index (χ0v) is 16.9. The summed E-state index contributed by atoms with van der Waals surface area (Å²) in [6, 6.07) is 8.05. The van der Waals surface area contributed by atoms with Crippen LogP contribution in [0.2, 0.25) is 0 Å². The van der Waals surface area contributed by atoms with Gasteiger partial charge in [-0.1, -0.05) is 19.1 Å². The van der Waals surface area contributed by atoms with Gasteiger partial charge in [0.05, 0.1) is 5.92 Å². The molecule has 150 valence electrons. The molecule has 2 amide bonds. The van der Waals surface area contributed by atoms with Crippen molar-refractivity contribution >= 4 is 29.9 Å². The van der Waals surface area contributed by atoms with Crippen LogP contribution in [-0.2, 0) is 16.0 Å². The molecule has 0 saturated carbocycles. The molecule has 1 unspecified atom stereocenters. The van der Waals surface area contributed by atoms with Gasteiger partial charge >= 0.3 is 0 Å². The van der Waals surface area contributed by atoms with Crippen molar-refractivity contribution in [3.05, 3.63) is 29.8 Å². The molecule has 2 fully saturated rings. The van der Waals surface area contributed by atoms with Crippen molar-refractivity contribution in [3.63, 3.8) is 0 Å². The highest BCUT2D eigenvalue weighted by molar-refractivity contribution is 6.00. The number of carbonyl (C=O) groups excluding carboxylic acids is 2. The summed E-state index contributed by atoms with van der Waals surface area (Å²) in [6.07, 6.45) is 2.24. The van der Waals surface area contributed by atoms with Gasteiger partial charge in [0.15, 0.2) is 0 Å². The second kappa shape index (κ2) is 10.6. The van der Waals surface area contributed by atoms with Gasteiger partial charge in [-0.15, -0.1) is 12.4 Å². The number of rotatable bonds is 7. The first kappa shape index (κ1) is 21.7. The lowest BCUT2D eigenvalue weighted by Crippen LogP contribution is -2.44. The van der Waals surface area contributed by atoms with Gasteiger partial charge in [-0.25, -0.2) is 0 Å². The Morgan fingerprint density at radius 3 is 2.59 bits per heavy atom. The first-order valence-corrected chi connectivity index (χ1v) is 9.77. The van der Waals surface area contributed by atoms with E-state index in [4.69, 9.17) is 0 Å². The highest BCUT2D eigenvalue weighted by Gasteiger charge is 2.34. The Kier molecular flexibility index (Phi) is 8.54. The normalized spacial score (nSPS) is 20.4. The molecular formula is C20H31ClN4O2. The first-order chi connectivity index (χ1) is 12.7. The Labute approximate surface area is 168 Å². The van der Waals surface area contributed by atoms with Crippen LogP contribution in [0.3, 0.4) is 0 Å². The van der Waals surface area contributed by atoms with Gasteiger partial charge in [0.25, 0.3) is 0 Å². The third kappa shape index (κ3) is 5.92. The molecule has 2 heterocycles. The number of carbonyl (C=O) groups is 2. The topological polar surface area (TPSA) is 64.7 Å². The lowest BCUT2D eigenvalue weighted by atomic mass is 10.1. The van der Waals surface area contributed by atoms with E-state index in [1.807, 2.05) is 24.3 Å². The lowest BCUT2D eigenvalue weighted by molar-refractivity contribution is -0.126. The summed E-state index contributed by atoms with van der Waals surface area (Å²) in [4.78, 5) is 28.9. The van der Waals surface area contributed by atoms with Gasteiger partial charge in [-0.3, -0.25) is 9.59 Å². The second-order valence-electron chi connectivity index (χ2n) is 7.16. The monoisotopic (exact) mass is 394 g/mol. The van der Waals surface area contributed by atoms with E-state index in [2.05, 4.69) is 22.5 Å². The van der Waals surface area contributed by atoms with Crippen LogP contribution in [0.1, 0.15) is 25.3 Å². The fraction of sp³-hybridized carbons (Fsp3) is 0.600. The van der Waals surface area contributed by atoms with Crippen LogP contribution in [0.25, 0.3) is 0 Å². The third-order valence-electron chi connectivity index (χ3n) is 5.31. The standard InChI is InChI=1S/C20H30N4O2.ClH/c1-2-16-4-6-18(7-5-16)24-15-17(14-19(24)25)20(26)22-8-3-11-23-12-9-21-10-13-23;/h4-7,17,21H,2-3,8-15H2,1H3,(H,22,26);1H. The highest BCUT2D eigenvalue weighted by Crippen LogP contribution is 2.25. The van der Waals surface area contributed by atoms with Gasteiger partial charge in [0.1, 0.15) is 0 Å². The quantitative estimate of drug-likeness (QED) is 0.687. The Hall–Kier alpha value is -1.63. The number of amides is 2. The zero-order chi connectivity index (χ0) is 18.4. The van der Waals surface area contributed by atoms with E-state index in [9.17, 15) is 9.59 Å². The van der Waals surface area contributed by atoms with E-state index in [0.29, 0.717) is 19.5 Å². The third-order valence-corrected chi connectivity index (χ3v) is 5.31. The molecule has 2 saturated heterocycles. The average molecular weight is 395 g/mol. The van der Waals surface area contributed by atoms with Crippen LogP contribution in [0.4, 0.5) is 5.69 Å². The number of hydrogen-bond donors (Lipinski definition) is 2. The number of nitrogens with one attached hydrogen (secondary N) is 2. The molecule has 2 aliphatic rings. The number of benzene rings is 1. The summed E-state index contributed by atoms with van der Waals surface area (Å²) in [5.41, 5.74) is 2.14. The maximum absolute atomic E-state index is 12.4. The molecule has 0 aliphatic carbocycles. The van der Waals surface area contributed by atoms with Crippen LogP contribution in [-0.4, -0.2) is 62.5 Å². The van der Waals surface area contributed by atoms with Crippen molar-refractivity contribution in [1.82, 2.24) is 15.5 Å². The number of piperazine rings is 1. The molecule has 1 aromatic rings. The van der Waals surface area contributed by atoms with Crippen molar-refractivity contribution in [1.29, 1.82) is 0 Å². The molecule has 1 atom stereocenters.